The summed E-state index contributed by atoms with van der Waals surface area (Å²) in [6.07, 6.45) is 0. The highest BCUT2D eigenvalue weighted by molar-refractivity contribution is 6.28. The van der Waals surface area contributed by atoms with Crippen LogP contribution in [-0.2, 0) is 0 Å². The summed E-state index contributed by atoms with van der Waals surface area (Å²) in [5.41, 5.74) is 2.88. The minimum absolute atomic E-state index is 0.114. The molecule has 6 aromatic rings. The fourth-order valence-corrected chi connectivity index (χ4v) is 4.53. The minimum Gasteiger partial charge on any atom is -0.508 e. The first-order chi connectivity index (χ1) is 15.6. The summed E-state index contributed by atoms with van der Waals surface area (Å²) in [5.74, 6) is 0.975. The molecule has 0 fully saturated rings. The first kappa shape index (κ1) is 18.3. The lowest BCUT2D eigenvalue weighted by Crippen LogP contribution is -1.84. The van der Waals surface area contributed by atoms with Gasteiger partial charge in [-0.1, -0.05) is 54.6 Å². The molecule has 0 amide bonds. The third kappa shape index (κ3) is 2.63. The largest absolute Gasteiger partial charge is 0.508 e. The Hall–Kier alpha value is -4.44. The molecule has 0 bridgehead atoms. The number of benzene rings is 5. The molecule has 0 unspecified atom stereocenters. The van der Waals surface area contributed by atoms with Gasteiger partial charge >= 0.3 is 0 Å². The van der Waals surface area contributed by atoms with Crippen molar-refractivity contribution in [3.63, 3.8) is 0 Å². The molecule has 0 radical (unpaired) electrons. The van der Waals surface area contributed by atoms with E-state index >= 15 is 0 Å². The summed E-state index contributed by atoms with van der Waals surface area (Å²) in [5, 5.41) is 35.5. The Morgan fingerprint density at radius 2 is 1.22 bits per heavy atom. The zero-order valence-corrected chi connectivity index (χ0v) is 16.9. The molecule has 0 saturated carbocycles. The second-order valence-electron chi connectivity index (χ2n) is 7.85. The molecule has 0 aliphatic carbocycles. The van der Waals surface area contributed by atoms with Crippen molar-refractivity contribution in [1.82, 2.24) is 0 Å². The lowest BCUT2D eigenvalue weighted by Gasteiger charge is -2.09. The zero-order chi connectivity index (χ0) is 21.8. The van der Waals surface area contributed by atoms with Crippen molar-refractivity contribution in [1.29, 1.82) is 0 Å². The van der Waals surface area contributed by atoms with Gasteiger partial charge in [0.2, 0.25) is 0 Å². The fraction of sp³-hybridized carbons (Fsp3) is 0. The molecule has 0 aliphatic heterocycles. The second kappa shape index (κ2) is 6.79. The van der Waals surface area contributed by atoms with Gasteiger partial charge in [0.05, 0.1) is 5.56 Å². The molecule has 0 saturated heterocycles. The van der Waals surface area contributed by atoms with Crippen LogP contribution in [0.5, 0.6) is 17.2 Å². The Labute approximate surface area is 183 Å². The number of aromatic hydroxyl groups is 3. The smallest absolute Gasteiger partial charge is 0.147 e. The van der Waals surface area contributed by atoms with E-state index in [4.69, 9.17) is 4.42 Å². The van der Waals surface area contributed by atoms with E-state index in [9.17, 15) is 15.3 Å². The van der Waals surface area contributed by atoms with E-state index in [0.717, 1.165) is 38.1 Å². The van der Waals surface area contributed by atoms with Gasteiger partial charge in [-0.25, -0.2) is 0 Å². The van der Waals surface area contributed by atoms with Crippen molar-refractivity contribution in [2.45, 2.75) is 0 Å². The number of rotatable bonds is 2. The van der Waals surface area contributed by atoms with Crippen LogP contribution in [0.1, 0.15) is 0 Å². The van der Waals surface area contributed by atoms with Gasteiger partial charge in [-0.2, -0.15) is 0 Å². The zero-order valence-electron chi connectivity index (χ0n) is 16.9. The Kier molecular flexibility index (Phi) is 3.89. The number of phenolic OH excluding ortho intramolecular Hbond substituents is 3. The van der Waals surface area contributed by atoms with E-state index in [-0.39, 0.29) is 17.2 Å². The van der Waals surface area contributed by atoms with Crippen molar-refractivity contribution in [2.75, 3.05) is 0 Å². The highest BCUT2D eigenvalue weighted by Gasteiger charge is 2.24. The third-order valence-corrected chi connectivity index (χ3v) is 5.95. The lowest BCUT2D eigenvalue weighted by atomic mass is 9.92. The van der Waals surface area contributed by atoms with Crippen molar-refractivity contribution in [3.05, 3.63) is 91.0 Å². The topological polar surface area (TPSA) is 73.8 Å². The van der Waals surface area contributed by atoms with Gasteiger partial charge in [0.15, 0.2) is 0 Å². The molecule has 1 heterocycles. The van der Waals surface area contributed by atoms with Crippen LogP contribution in [0.15, 0.2) is 95.4 Å². The molecular weight excluding hydrogens is 400 g/mol. The maximum absolute atomic E-state index is 10.6. The Morgan fingerprint density at radius 3 is 2.00 bits per heavy atom. The number of fused-ring (bicyclic) bond motifs is 6. The number of hydrogen-bond acceptors (Lipinski definition) is 4. The summed E-state index contributed by atoms with van der Waals surface area (Å²) in [6.45, 7) is 0. The van der Waals surface area contributed by atoms with Crippen LogP contribution in [-0.4, -0.2) is 15.3 Å². The Balaban J connectivity index is 1.89. The molecule has 6 rings (SSSR count). The third-order valence-electron chi connectivity index (χ3n) is 5.95. The number of furan rings is 1. The fourth-order valence-electron chi connectivity index (χ4n) is 4.53. The Morgan fingerprint density at radius 1 is 0.562 bits per heavy atom. The van der Waals surface area contributed by atoms with E-state index in [1.807, 2.05) is 54.6 Å². The molecule has 0 aliphatic rings. The quantitative estimate of drug-likeness (QED) is 0.260. The second-order valence-corrected chi connectivity index (χ2v) is 7.85. The molecule has 4 heteroatoms. The van der Waals surface area contributed by atoms with Gasteiger partial charge in [-0.05, 0) is 58.1 Å². The molecule has 3 N–H and O–H groups in total. The maximum Gasteiger partial charge on any atom is 0.147 e. The molecule has 0 spiro atoms. The normalized spacial score (nSPS) is 11.5. The standard InChI is InChI=1S/C28H18O4/c29-17-11-9-16(10-12-17)25-26-23-15-18(30)13-14-20(23)19-5-1-2-6-21(19)27(26)32-28(25)22-7-3-4-8-24(22)31/h1-15,29-31H. The van der Waals surface area contributed by atoms with Crippen LogP contribution in [0, 0.1) is 0 Å². The first-order valence-electron chi connectivity index (χ1n) is 10.3. The van der Waals surface area contributed by atoms with E-state index in [1.165, 1.54) is 0 Å². The van der Waals surface area contributed by atoms with Gasteiger partial charge in [-0.15, -0.1) is 0 Å². The molecule has 0 atom stereocenters. The predicted molar refractivity (Wildman–Crippen MR) is 127 cm³/mol. The van der Waals surface area contributed by atoms with Crippen molar-refractivity contribution in [3.8, 4) is 39.7 Å². The van der Waals surface area contributed by atoms with Gasteiger partial charge in [0.1, 0.15) is 28.6 Å². The molecule has 32 heavy (non-hydrogen) atoms. The van der Waals surface area contributed by atoms with Crippen LogP contribution in [0.25, 0.3) is 55.0 Å². The van der Waals surface area contributed by atoms with E-state index in [1.54, 1.807) is 36.4 Å². The highest BCUT2D eigenvalue weighted by Crippen LogP contribution is 2.49. The van der Waals surface area contributed by atoms with Gasteiger partial charge in [0.25, 0.3) is 0 Å². The minimum atomic E-state index is 0.114. The maximum atomic E-state index is 10.6. The summed E-state index contributed by atoms with van der Waals surface area (Å²) in [4.78, 5) is 0. The summed E-state index contributed by atoms with van der Waals surface area (Å²) in [7, 11) is 0. The lowest BCUT2D eigenvalue weighted by molar-refractivity contribution is 0.474. The van der Waals surface area contributed by atoms with Crippen LogP contribution in [0.2, 0.25) is 0 Å². The molecule has 4 nitrogen and oxygen atoms in total. The average molecular weight is 418 g/mol. The summed E-state index contributed by atoms with van der Waals surface area (Å²) < 4.78 is 6.51. The molecule has 154 valence electrons. The first-order valence-corrected chi connectivity index (χ1v) is 10.3. The summed E-state index contributed by atoms with van der Waals surface area (Å²) >= 11 is 0. The van der Waals surface area contributed by atoms with Gasteiger partial charge < -0.3 is 19.7 Å². The van der Waals surface area contributed by atoms with Gasteiger partial charge in [-0.3, -0.25) is 0 Å². The molecule has 1 aromatic heterocycles. The van der Waals surface area contributed by atoms with E-state index in [2.05, 4.69) is 0 Å². The van der Waals surface area contributed by atoms with E-state index in [0.29, 0.717) is 16.9 Å². The number of hydrogen-bond donors (Lipinski definition) is 3. The van der Waals surface area contributed by atoms with Crippen molar-refractivity contribution in [2.24, 2.45) is 0 Å². The van der Waals surface area contributed by atoms with Gasteiger partial charge in [0, 0.05) is 16.3 Å². The monoisotopic (exact) mass is 418 g/mol. The molecular formula is C28H18O4. The average Bonchev–Trinajstić information content (AvgIpc) is 3.21. The predicted octanol–water partition coefficient (Wildman–Crippen LogP) is 7.19. The van der Waals surface area contributed by atoms with Crippen LogP contribution in [0.4, 0.5) is 0 Å². The van der Waals surface area contributed by atoms with E-state index < -0.39 is 0 Å². The van der Waals surface area contributed by atoms with Crippen LogP contribution < -0.4 is 0 Å². The molecule has 5 aromatic carbocycles. The SMILES string of the molecule is Oc1ccc(-c2c(-c3ccccc3O)oc3c4ccccc4c4ccc(O)cc4c23)cc1. The number of para-hydroxylation sites is 1. The Bertz CT molecular complexity index is 1640. The van der Waals surface area contributed by atoms with Crippen LogP contribution in [0.3, 0.4) is 0 Å². The summed E-state index contributed by atoms with van der Waals surface area (Å²) in [6, 6.07) is 27.3. The number of phenols is 3. The van der Waals surface area contributed by atoms with Crippen molar-refractivity contribution >= 4 is 32.5 Å². The van der Waals surface area contributed by atoms with Crippen LogP contribution >= 0.6 is 0 Å². The van der Waals surface area contributed by atoms with Crippen molar-refractivity contribution < 1.29 is 19.7 Å². The highest BCUT2D eigenvalue weighted by atomic mass is 16.3.